The summed E-state index contributed by atoms with van der Waals surface area (Å²) in [7, 11) is 0. The number of hydrogen-bond acceptors (Lipinski definition) is 5. The Morgan fingerprint density at radius 1 is 1.55 bits per heavy atom. The molecule has 1 fully saturated rings. The monoisotopic (exact) mass is 295 g/mol. The van der Waals surface area contributed by atoms with Gasteiger partial charge in [0.1, 0.15) is 11.2 Å². The first-order valence-electron chi connectivity index (χ1n) is 6.53. The molecular formula is C14H18ClN3O2. The highest BCUT2D eigenvalue weighted by atomic mass is 35.5. The van der Waals surface area contributed by atoms with Crippen LogP contribution in [0.3, 0.4) is 0 Å². The molecule has 0 bridgehead atoms. The van der Waals surface area contributed by atoms with E-state index in [2.05, 4.69) is 22.9 Å². The lowest BCUT2D eigenvalue weighted by atomic mass is 10.2. The molecule has 1 aromatic rings. The minimum atomic E-state index is -0.939. The van der Waals surface area contributed by atoms with Gasteiger partial charge in [-0.1, -0.05) is 11.6 Å². The molecule has 5 nitrogen and oxygen atoms in total. The number of hydrogen-bond donors (Lipinski definition) is 0. The van der Waals surface area contributed by atoms with Gasteiger partial charge in [0.15, 0.2) is 5.60 Å². The second-order valence-corrected chi connectivity index (χ2v) is 5.72. The van der Waals surface area contributed by atoms with E-state index in [1.165, 1.54) is 0 Å². The Kier molecular flexibility index (Phi) is 4.36. The SMILES string of the molecule is CC1COCCN1c1cc(Cl)nc(OC(C)(C)C#N)c1. The molecule has 0 N–H and O–H groups in total. The zero-order chi connectivity index (χ0) is 14.8. The van der Waals surface area contributed by atoms with Crippen molar-refractivity contribution >= 4 is 17.3 Å². The van der Waals surface area contributed by atoms with E-state index in [0.717, 1.165) is 12.2 Å². The lowest BCUT2D eigenvalue weighted by Gasteiger charge is -2.35. The number of anilines is 1. The third-order valence-electron chi connectivity index (χ3n) is 3.08. The summed E-state index contributed by atoms with van der Waals surface area (Å²) in [5, 5.41) is 9.37. The summed E-state index contributed by atoms with van der Waals surface area (Å²) in [5.74, 6) is 0.359. The summed E-state index contributed by atoms with van der Waals surface area (Å²) in [4.78, 5) is 6.32. The van der Waals surface area contributed by atoms with Crippen molar-refractivity contribution in [3.05, 3.63) is 17.3 Å². The van der Waals surface area contributed by atoms with E-state index >= 15 is 0 Å². The van der Waals surface area contributed by atoms with Gasteiger partial charge in [0, 0.05) is 24.3 Å². The van der Waals surface area contributed by atoms with E-state index in [1.54, 1.807) is 19.9 Å². The van der Waals surface area contributed by atoms with Crippen LogP contribution in [0.2, 0.25) is 5.15 Å². The fourth-order valence-electron chi connectivity index (χ4n) is 2.07. The molecule has 1 aliphatic heterocycles. The molecule has 0 spiro atoms. The topological polar surface area (TPSA) is 58.4 Å². The van der Waals surface area contributed by atoms with Crippen LogP contribution in [0.25, 0.3) is 0 Å². The molecule has 1 saturated heterocycles. The Labute approximate surface area is 124 Å². The third-order valence-corrected chi connectivity index (χ3v) is 3.28. The largest absolute Gasteiger partial charge is 0.456 e. The van der Waals surface area contributed by atoms with E-state index in [1.807, 2.05) is 6.07 Å². The highest BCUT2D eigenvalue weighted by molar-refractivity contribution is 6.29. The fraction of sp³-hybridized carbons (Fsp3) is 0.571. The van der Waals surface area contributed by atoms with Crippen molar-refractivity contribution in [2.24, 2.45) is 0 Å². The molecule has 0 saturated carbocycles. The van der Waals surface area contributed by atoms with Crippen molar-refractivity contribution in [2.45, 2.75) is 32.4 Å². The van der Waals surface area contributed by atoms with Crippen LogP contribution >= 0.6 is 11.6 Å². The normalized spacial score (nSPS) is 19.6. The zero-order valence-corrected chi connectivity index (χ0v) is 12.6. The average Bonchev–Trinajstić information content (AvgIpc) is 2.38. The first-order valence-corrected chi connectivity index (χ1v) is 6.91. The van der Waals surface area contributed by atoms with Crippen LogP contribution in [0, 0.1) is 11.3 Å². The molecule has 6 heteroatoms. The van der Waals surface area contributed by atoms with Crippen LogP contribution in [0.4, 0.5) is 5.69 Å². The maximum absolute atomic E-state index is 9.02. The number of nitrogens with zero attached hydrogens (tertiary/aromatic N) is 3. The quantitative estimate of drug-likeness (QED) is 0.802. The summed E-state index contributed by atoms with van der Waals surface area (Å²) in [5.41, 5.74) is -0.00415. The molecule has 0 aromatic carbocycles. The number of morpholine rings is 1. The van der Waals surface area contributed by atoms with Gasteiger partial charge in [-0.05, 0) is 26.8 Å². The Morgan fingerprint density at radius 3 is 2.95 bits per heavy atom. The molecule has 108 valence electrons. The molecule has 0 amide bonds. The molecule has 20 heavy (non-hydrogen) atoms. The number of nitriles is 1. The third kappa shape index (κ3) is 3.53. The number of aromatic nitrogens is 1. The molecule has 1 atom stereocenters. The van der Waals surface area contributed by atoms with Crippen LogP contribution < -0.4 is 9.64 Å². The van der Waals surface area contributed by atoms with Gasteiger partial charge in [-0.15, -0.1) is 0 Å². The number of halogens is 1. The van der Waals surface area contributed by atoms with Gasteiger partial charge in [0.2, 0.25) is 5.88 Å². The summed E-state index contributed by atoms with van der Waals surface area (Å²) >= 11 is 6.06. The van der Waals surface area contributed by atoms with E-state index < -0.39 is 5.60 Å². The van der Waals surface area contributed by atoms with Crippen LogP contribution in [0.5, 0.6) is 5.88 Å². The minimum Gasteiger partial charge on any atom is -0.456 e. The average molecular weight is 296 g/mol. The molecule has 2 heterocycles. The number of rotatable bonds is 3. The maximum Gasteiger partial charge on any atom is 0.218 e. The Hall–Kier alpha value is -1.51. The second-order valence-electron chi connectivity index (χ2n) is 5.33. The molecule has 0 aliphatic carbocycles. The van der Waals surface area contributed by atoms with Gasteiger partial charge in [0.05, 0.1) is 13.2 Å². The maximum atomic E-state index is 9.02. The van der Waals surface area contributed by atoms with Gasteiger partial charge in [-0.25, -0.2) is 4.98 Å². The van der Waals surface area contributed by atoms with Gasteiger partial charge < -0.3 is 14.4 Å². The van der Waals surface area contributed by atoms with Gasteiger partial charge in [-0.2, -0.15) is 5.26 Å². The zero-order valence-electron chi connectivity index (χ0n) is 11.9. The predicted molar refractivity (Wildman–Crippen MR) is 77.2 cm³/mol. The Bertz CT molecular complexity index is 528. The van der Waals surface area contributed by atoms with E-state index in [-0.39, 0.29) is 6.04 Å². The molecule has 1 unspecified atom stereocenters. The lowest BCUT2D eigenvalue weighted by molar-refractivity contribution is 0.0988. The van der Waals surface area contributed by atoms with Gasteiger partial charge in [0.25, 0.3) is 0 Å². The highest BCUT2D eigenvalue weighted by Gasteiger charge is 2.23. The highest BCUT2D eigenvalue weighted by Crippen LogP contribution is 2.28. The predicted octanol–water partition coefficient (Wildman–Crippen LogP) is 2.64. The van der Waals surface area contributed by atoms with Crippen molar-refractivity contribution in [2.75, 3.05) is 24.7 Å². The van der Waals surface area contributed by atoms with Crippen molar-refractivity contribution in [1.82, 2.24) is 4.98 Å². The first-order chi connectivity index (χ1) is 9.41. The van der Waals surface area contributed by atoms with Gasteiger partial charge in [-0.3, -0.25) is 0 Å². The lowest BCUT2D eigenvalue weighted by Crippen LogP contribution is -2.43. The molecule has 2 rings (SSSR count). The van der Waals surface area contributed by atoms with E-state index in [0.29, 0.717) is 24.2 Å². The fourth-order valence-corrected chi connectivity index (χ4v) is 2.27. The molecule has 1 aromatic heterocycles. The molecule has 0 radical (unpaired) electrons. The second kappa shape index (κ2) is 5.86. The van der Waals surface area contributed by atoms with Crippen molar-refractivity contribution in [3.8, 4) is 11.9 Å². The Morgan fingerprint density at radius 2 is 2.30 bits per heavy atom. The standard InChI is InChI=1S/C14H18ClN3O2/c1-10-8-19-5-4-18(10)11-6-12(15)17-13(7-11)20-14(2,3)9-16/h6-7,10H,4-5,8H2,1-3H3. The number of pyridine rings is 1. The van der Waals surface area contributed by atoms with Crippen molar-refractivity contribution in [3.63, 3.8) is 0 Å². The van der Waals surface area contributed by atoms with Gasteiger partial charge >= 0.3 is 0 Å². The summed E-state index contributed by atoms with van der Waals surface area (Å²) in [6.07, 6.45) is 0. The first kappa shape index (κ1) is 14.9. The molecular weight excluding hydrogens is 278 g/mol. The Balaban J connectivity index is 2.27. The molecule has 1 aliphatic rings. The van der Waals surface area contributed by atoms with Crippen LogP contribution in [-0.4, -0.2) is 36.4 Å². The van der Waals surface area contributed by atoms with Crippen molar-refractivity contribution in [1.29, 1.82) is 5.26 Å². The minimum absolute atomic E-state index is 0.263. The summed E-state index contributed by atoms with van der Waals surface area (Å²) in [6, 6.07) is 5.95. The van der Waals surface area contributed by atoms with Crippen LogP contribution in [0.15, 0.2) is 12.1 Å². The van der Waals surface area contributed by atoms with Crippen molar-refractivity contribution < 1.29 is 9.47 Å². The summed E-state index contributed by atoms with van der Waals surface area (Å²) < 4.78 is 11.0. The number of ether oxygens (including phenoxy) is 2. The smallest absolute Gasteiger partial charge is 0.218 e. The van der Waals surface area contributed by atoms with Crippen LogP contribution in [0.1, 0.15) is 20.8 Å². The van der Waals surface area contributed by atoms with E-state index in [9.17, 15) is 0 Å². The van der Waals surface area contributed by atoms with Crippen LogP contribution in [-0.2, 0) is 4.74 Å². The summed E-state index contributed by atoms with van der Waals surface area (Å²) in [6.45, 7) is 7.62. The van der Waals surface area contributed by atoms with E-state index in [4.69, 9.17) is 26.3 Å².